The van der Waals surface area contributed by atoms with Crippen LogP contribution in [-0.4, -0.2) is 16.9 Å². The van der Waals surface area contributed by atoms with Gasteiger partial charge in [-0.05, 0) is 25.0 Å². The van der Waals surface area contributed by atoms with Gasteiger partial charge in [0.15, 0.2) is 0 Å². The second-order valence-electron chi connectivity index (χ2n) is 4.66. The van der Waals surface area contributed by atoms with Gasteiger partial charge in [0.05, 0.1) is 11.0 Å². The number of nitro benzene ring substituents is 1. The molecule has 6 heteroatoms. The van der Waals surface area contributed by atoms with Crippen LogP contribution < -0.4 is 11.1 Å². The van der Waals surface area contributed by atoms with Gasteiger partial charge in [-0.3, -0.25) is 14.9 Å². The molecule has 0 aliphatic heterocycles. The summed E-state index contributed by atoms with van der Waals surface area (Å²) in [5.74, 6) is -0.193. The minimum Gasteiger partial charge on any atom is -0.325 e. The molecule has 6 nitrogen and oxygen atoms in total. The van der Waals surface area contributed by atoms with Crippen molar-refractivity contribution in [1.29, 1.82) is 0 Å². The Hall–Kier alpha value is -1.95. The third-order valence-electron chi connectivity index (χ3n) is 3.22. The SMILES string of the molecule is CC[C@H](C)[C@H](N)C(=O)Nc1ccc([N+](=O)[O-])c(C)c1. The number of nitrogens with two attached hydrogens (primary N) is 1. The van der Waals surface area contributed by atoms with E-state index in [0.29, 0.717) is 11.3 Å². The predicted molar refractivity (Wildman–Crippen MR) is 73.9 cm³/mol. The number of nitrogens with zero attached hydrogens (tertiary/aromatic N) is 1. The molecule has 0 fully saturated rings. The number of carbonyl (C=O) groups excluding carboxylic acids is 1. The van der Waals surface area contributed by atoms with Crippen LogP contribution in [0, 0.1) is 23.0 Å². The number of nitro groups is 1. The minimum atomic E-state index is -0.583. The highest BCUT2D eigenvalue weighted by atomic mass is 16.6. The van der Waals surface area contributed by atoms with E-state index in [-0.39, 0.29) is 17.5 Å². The number of carbonyl (C=O) groups is 1. The Morgan fingerprint density at radius 2 is 2.16 bits per heavy atom. The first kappa shape index (κ1) is 15.1. The van der Waals surface area contributed by atoms with Gasteiger partial charge in [-0.2, -0.15) is 0 Å². The second-order valence-corrected chi connectivity index (χ2v) is 4.66. The van der Waals surface area contributed by atoms with Gasteiger partial charge in [-0.1, -0.05) is 20.3 Å². The monoisotopic (exact) mass is 265 g/mol. The van der Waals surface area contributed by atoms with Gasteiger partial charge in [-0.25, -0.2) is 0 Å². The Balaban J connectivity index is 2.81. The summed E-state index contributed by atoms with van der Waals surface area (Å²) in [6.45, 7) is 5.50. The lowest BCUT2D eigenvalue weighted by Gasteiger charge is -2.17. The van der Waals surface area contributed by atoms with E-state index < -0.39 is 11.0 Å². The zero-order valence-electron chi connectivity index (χ0n) is 11.3. The highest BCUT2D eigenvalue weighted by molar-refractivity contribution is 5.95. The van der Waals surface area contributed by atoms with Gasteiger partial charge >= 0.3 is 0 Å². The smallest absolute Gasteiger partial charge is 0.272 e. The maximum atomic E-state index is 11.9. The number of anilines is 1. The minimum absolute atomic E-state index is 0.0317. The summed E-state index contributed by atoms with van der Waals surface area (Å²) in [6.07, 6.45) is 0.813. The van der Waals surface area contributed by atoms with Gasteiger partial charge in [-0.15, -0.1) is 0 Å². The largest absolute Gasteiger partial charge is 0.325 e. The van der Waals surface area contributed by atoms with E-state index >= 15 is 0 Å². The second kappa shape index (κ2) is 6.29. The van der Waals surface area contributed by atoms with Crippen LogP contribution in [0.5, 0.6) is 0 Å². The van der Waals surface area contributed by atoms with Crippen LogP contribution in [-0.2, 0) is 4.79 Å². The lowest BCUT2D eigenvalue weighted by molar-refractivity contribution is -0.385. The molecule has 0 aliphatic carbocycles. The lowest BCUT2D eigenvalue weighted by Crippen LogP contribution is -2.40. The van der Waals surface area contributed by atoms with Crippen LogP contribution >= 0.6 is 0 Å². The zero-order chi connectivity index (χ0) is 14.6. The molecule has 0 aliphatic rings. The fraction of sp³-hybridized carbons (Fsp3) is 0.462. The molecule has 3 N–H and O–H groups in total. The molecule has 1 rings (SSSR count). The molecule has 104 valence electrons. The molecule has 0 saturated carbocycles. The molecule has 0 saturated heterocycles. The molecule has 0 aromatic heterocycles. The summed E-state index contributed by atoms with van der Waals surface area (Å²) in [5, 5.41) is 13.4. The van der Waals surface area contributed by atoms with Crippen LogP contribution in [0.4, 0.5) is 11.4 Å². The predicted octanol–water partition coefficient (Wildman–Crippen LogP) is 2.22. The van der Waals surface area contributed by atoms with Crippen molar-refractivity contribution in [2.75, 3.05) is 5.32 Å². The highest BCUT2D eigenvalue weighted by Crippen LogP contribution is 2.21. The van der Waals surface area contributed by atoms with Crippen molar-refractivity contribution < 1.29 is 9.72 Å². The van der Waals surface area contributed by atoms with Crippen LogP contribution in [0.25, 0.3) is 0 Å². The van der Waals surface area contributed by atoms with Crippen LogP contribution in [0.1, 0.15) is 25.8 Å². The van der Waals surface area contributed by atoms with Crippen LogP contribution in [0.15, 0.2) is 18.2 Å². The van der Waals surface area contributed by atoms with E-state index in [0.717, 1.165) is 6.42 Å². The van der Waals surface area contributed by atoms with E-state index in [2.05, 4.69) is 5.32 Å². The summed E-state index contributed by atoms with van der Waals surface area (Å²) < 4.78 is 0. The van der Waals surface area contributed by atoms with Crippen molar-refractivity contribution in [1.82, 2.24) is 0 Å². The maximum absolute atomic E-state index is 11.9. The summed E-state index contributed by atoms with van der Waals surface area (Å²) in [5.41, 5.74) is 6.87. The Bertz CT molecular complexity index is 488. The Kier molecular flexibility index (Phi) is 5.00. The summed E-state index contributed by atoms with van der Waals surface area (Å²) in [6, 6.07) is 3.87. The zero-order valence-corrected chi connectivity index (χ0v) is 11.3. The fourth-order valence-electron chi connectivity index (χ4n) is 1.68. The number of aryl methyl sites for hydroxylation is 1. The van der Waals surface area contributed by atoms with Crippen molar-refractivity contribution in [2.45, 2.75) is 33.2 Å². The van der Waals surface area contributed by atoms with Gasteiger partial charge < -0.3 is 11.1 Å². The molecule has 1 aromatic carbocycles. The quantitative estimate of drug-likeness (QED) is 0.630. The Morgan fingerprint density at radius 1 is 1.53 bits per heavy atom. The number of rotatable bonds is 5. The lowest BCUT2D eigenvalue weighted by atomic mass is 9.99. The van der Waals surface area contributed by atoms with E-state index in [1.807, 2.05) is 13.8 Å². The molecule has 1 amide bonds. The molecular formula is C13H19N3O3. The molecule has 19 heavy (non-hydrogen) atoms. The highest BCUT2D eigenvalue weighted by Gasteiger charge is 2.20. The first-order valence-corrected chi connectivity index (χ1v) is 6.18. The molecule has 0 radical (unpaired) electrons. The number of amides is 1. The molecular weight excluding hydrogens is 246 g/mol. The van der Waals surface area contributed by atoms with E-state index in [4.69, 9.17) is 5.73 Å². The van der Waals surface area contributed by atoms with Crippen molar-refractivity contribution in [3.63, 3.8) is 0 Å². The first-order valence-electron chi connectivity index (χ1n) is 6.18. The first-order chi connectivity index (χ1) is 8.86. The van der Waals surface area contributed by atoms with Crippen molar-refractivity contribution in [3.8, 4) is 0 Å². The van der Waals surface area contributed by atoms with Crippen molar-refractivity contribution in [2.24, 2.45) is 11.7 Å². The Labute approximate surface area is 112 Å². The molecule has 0 heterocycles. The van der Waals surface area contributed by atoms with E-state index in [1.54, 1.807) is 13.0 Å². The van der Waals surface area contributed by atoms with Crippen molar-refractivity contribution >= 4 is 17.3 Å². The standard InChI is InChI=1S/C13H19N3O3/c1-4-8(2)12(14)13(17)15-10-5-6-11(16(18)19)9(3)7-10/h5-8,12H,4,14H2,1-3H3,(H,15,17)/t8-,12-/m0/s1. The molecule has 0 bridgehead atoms. The third kappa shape index (κ3) is 3.75. The van der Waals surface area contributed by atoms with Crippen LogP contribution in [0.2, 0.25) is 0 Å². The molecule has 0 unspecified atom stereocenters. The number of nitrogens with one attached hydrogen (secondary N) is 1. The number of benzene rings is 1. The van der Waals surface area contributed by atoms with Gasteiger partial charge in [0.1, 0.15) is 0 Å². The summed E-state index contributed by atoms with van der Waals surface area (Å²) in [7, 11) is 0. The van der Waals surface area contributed by atoms with E-state index in [1.165, 1.54) is 12.1 Å². The van der Waals surface area contributed by atoms with E-state index in [9.17, 15) is 14.9 Å². The van der Waals surface area contributed by atoms with Gasteiger partial charge in [0.25, 0.3) is 5.69 Å². The average molecular weight is 265 g/mol. The molecule has 1 aromatic rings. The van der Waals surface area contributed by atoms with Crippen molar-refractivity contribution in [3.05, 3.63) is 33.9 Å². The van der Waals surface area contributed by atoms with Gasteiger partial charge in [0, 0.05) is 17.3 Å². The number of hydrogen-bond acceptors (Lipinski definition) is 4. The molecule has 0 spiro atoms. The maximum Gasteiger partial charge on any atom is 0.272 e. The fourth-order valence-corrected chi connectivity index (χ4v) is 1.68. The topological polar surface area (TPSA) is 98.3 Å². The molecule has 2 atom stereocenters. The number of hydrogen-bond donors (Lipinski definition) is 2. The third-order valence-corrected chi connectivity index (χ3v) is 3.22. The average Bonchev–Trinajstić information content (AvgIpc) is 2.36. The normalized spacial score (nSPS) is 13.7. The summed E-state index contributed by atoms with van der Waals surface area (Å²) >= 11 is 0. The Morgan fingerprint density at radius 3 is 2.63 bits per heavy atom. The van der Waals surface area contributed by atoms with Gasteiger partial charge in [0.2, 0.25) is 5.91 Å². The summed E-state index contributed by atoms with van der Waals surface area (Å²) in [4.78, 5) is 22.1. The van der Waals surface area contributed by atoms with Crippen LogP contribution in [0.3, 0.4) is 0 Å².